The predicted molar refractivity (Wildman–Crippen MR) is 78.9 cm³/mol. The van der Waals surface area contributed by atoms with E-state index in [4.69, 9.17) is 0 Å². The summed E-state index contributed by atoms with van der Waals surface area (Å²) in [7, 11) is 0. The van der Waals surface area contributed by atoms with Gasteiger partial charge in [-0.3, -0.25) is 4.79 Å². The highest BCUT2D eigenvalue weighted by Crippen LogP contribution is 2.42. The van der Waals surface area contributed by atoms with Gasteiger partial charge in [0.2, 0.25) is 0 Å². The number of nitrogens with zero attached hydrogens (tertiary/aromatic N) is 2. The molecule has 0 radical (unpaired) electrons. The molecular weight excluding hydrogens is 274 g/mol. The van der Waals surface area contributed by atoms with Gasteiger partial charge in [0.25, 0.3) is 0 Å². The average Bonchev–Trinajstić information content (AvgIpc) is 3.26. The Bertz CT molecular complexity index is 462. The van der Waals surface area contributed by atoms with E-state index in [1.165, 1.54) is 11.8 Å². The molecule has 1 aliphatic carbocycles. The van der Waals surface area contributed by atoms with Gasteiger partial charge in [0, 0.05) is 18.1 Å². The summed E-state index contributed by atoms with van der Waals surface area (Å²) in [5.74, 6) is -0.0617. The van der Waals surface area contributed by atoms with Gasteiger partial charge >= 0.3 is 5.97 Å². The second-order valence-corrected chi connectivity index (χ2v) is 6.25. The first-order valence-corrected chi connectivity index (χ1v) is 7.97. The zero-order valence-electron chi connectivity index (χ0n) is 11.9. The lowest BCUT2D eigenvalue weighted by molar-refractivity contribution is -0.144. The molecular formula is C14H21N3O2S. The summed E-state index contributed by atoms with van der Waals surface area (Å²) in [6, 6.07) is 0. The molecule has 5 nitrogen and oxygen atoms in total. The molecule has 0 spiro atoms. The van der Waals surface area contributed by atoms with E-state index in [-0.39, 0.29) is 5.92 Å². The largest absolute Gasteiger partial charge is 0.480 e. The summed E-state index contributed by atoms with van der Waals surface area (Å²) in [4.78, 5) is 20.2. The van der Waals surface area contributed by atoms with Crippen molar-refractivity contribution >= 4 is 17.7 Å². The van der Waals surface area contributed by atoms with Crippen LogP contribution in [0.4, 0.5) is 0 Å². The molecule has 1 fully saturated rings. The standard InChI is InChI=1S/C14H21N3O2S/c1-3-6-17-14(12(18)19,11-4-5-11)9-20-13-15-7-10(2)8-16-13/h7-8,11,17H,3-6,9H2,1-2H3,(H,18,19). The van der Waals surface area contributed by atoms with Gasteiger partial charge in [-0.1, -0.05) is 18.7 Å². The van der Waals surface area contributed by atoms with Gasteiger partial charge in [-0.05, 0) is 44.2 Å². The third-order valence-corrected chi connectivity index (χ3v) is 4.60. The second kappa shape index (κ2) is 6.54. The Morgan fingerprint density at radius 3 is 2.65 bits per heavy atom. The van der Waals surface area contributed by atoms with Crippen molar-refractivity contribution < 1.29 is 9.90 Å². The van der Waals surface area contributed by atoms with Crippen LogP contribution < -0.4 is 5.32 Å². The number of aromatic nitrogens is 2. The SMILES string of the molecule is CCCNC(CSc1ncc(C)cn1)(C(=O)O)C1CC1. The number of nitrogens with one attached hydrogen (secondary N) is 1. The van der Waals surface area contributed by atoms with Gasteiger partial charge < -0.3 is 10.4 Å². The maximum absolute atomic E-state index is 11.8. The number of hydrogen-bond acceptors (Lipinski definition) is 5. The van der Waals surface area contributed by atoms with Gasteiger partial charge in [-0.25, -0.2) is 9.97 Å². The van der Waals surface area contributed by atoms with Crippen molar-refractivity contribution in [3.63, 3.8) is 0 Å². The molecule has 2 N–H and O–H groups in total. The van der Waals surface area contributed by atoms with Crippen molar-refractivity contribution in [1.29, 1.82) is 0 Å². The Morgan fingerprint density at radius 2 is 2.15 bits per heavy atom. The highest BCUT2D eigenvalue weighted by Gasteiger charge is 2.50. The fourth-order valence-corrected chi connectivity index (χ4v) is 3.26. The van der Waals surface area contributed by atoms with Crippen molar-refractivity contribution in [3.05, 3.63) is 18.0 Å². The number of rotatable bonds is 8. The lowest BCUT2D eigenvalue weighted by Crippen LogP contribution is -2.56. The van der Waals surface area contributed by atoms with Crippen molar-refractivity contribution in [2.45, 2.75) is 43.8 Å². The summed E-state index contributed by atoms with van der Waals surface area (Å²) in [5.41, 5.74) is 0.166. The highest BCUT2D eigenvalue weighted by atomic mass is 32.2. The minimum Gasteiger partial charge on any atom is -0.480 e. The first-order chi connectivity index (χ1) is 9.58. The van der Waals surface area contributed by atoms with Gasteiger partial charge in [-0.2, -0.15) is 0 Å². The molecule has 110 valence electrons. The lowest BCUT2D eigenvalue weighted by atomic mass is 9.95. The number of hydrogen-bond donors (Lipinski definition) is 2. The number of aryl methyl sites for hydroxylation is 1. The molecule has 0 amide bonds. The average molecular weight is 295 g/mol. The summed E-state index contributed by atoms with van der Waals surface area (Å²) in [5, 5.41) is 13.6. The quantitative estimate of drug-likeness (QED) is 0.565. The van der Waals surface area contributed by atoms with Crippen LogP contribution in [0.25, 0.3) is 0 Å². The zero-order valence-corrected chi connectivity index (χ0v) is 12.7. The van der Waals surface area contributed by atoms with Crippen molar-refractivity contribution in [3.8, 4) is 0 Å². The number of carbonyl (C=O) groups is 1. The normalized spacial score (nSPS) is 17.7. The van der Waals surface area contributed by atoms with Crippen LogP contribution in [0.2, 0.25) is 0 Å². The smallest absolute Gasteiger partial charge is 0.325 e. The van der Waals surface area contributed by atoms with Crippen molar-refractivity contribution in [1.82, 2.24) is 15.3 Å². The molecule has 20 heavy (non-hydrogen) atoms. The van der Waals surface area contributed by atoms with Crippen LogP contribution in [0.3, 0.4) is 0 Å². The molecule has 0 bridgehead atoms. The maximum Gasteiger partial charge on any atom is 0.325 e. The van der Waals surface area contributed by atoms with E-state index in [1.54, 1.807) is 12.4 Å². The summed E-state index contributed by atoms with van der Waals surface area (Å²) < 4.78 is 0. The minimum absolute atomic E-state index is 0.226. The Balaban J connectivity index is 2.06. The van der Waals surface area contributed by atoms with E-state index in [0.717, 1.165) is 31.4 Å². The topological polar surface area (TPSA) is 75.1 Å². The third-order valence-electron chi connectivity index (χ3n) is 3.53. The van der Waals surface area contributed by atoms with E-state index in [9.17, 15) is 9.90 Å². The Labute approximate surface area is 123 Å². The highest BCUT2D eigenvalue weighted by molar-refractivity contribution is 7.99. The van der Waals surface area contributed by atoms with Crippen LogP contribution in [0.1, 0.15) is 31.7 Å². The van der Waals surface area contributed by atoms with E-state index in [0.29, 0.717) is 10.9 Å². The molecule has 6 heteroatoms. The molecule has 1 aromatic heterocycles. The Morgan fingerprint density at radius 1 is 1.50 bits per heavy atom. The fourth-order valence-electron chi connectivity index (χ4n) is 2.18. The molecule has 2 rings (SSSR count). The van der Waals surface area contributed by atoms with Crippen molar-refractivity contribution in [2.24, 2.45) is 5.92 Å². The van der Waals surface area contributed by atoms with Gasteiger partial charge in [-0.15, -0.1) is 0 Å². The third kappa shape index (κ3) is 3.49. The Kier molecular flexibility index (Phi) is 4.99. The van der Waals surface area contributed by atoms with Gasteiger partial charge in [0.15, 0.2) is 5.16 Å². The molecule has 1 unspecified atom stereocenters. The number of carboxylic acid groups (broad SMARTS) is 1. The summed E-state index contributed by atoms with van der Waals surface area (Å²) >= 11 is 1.42. The monoisotopic (exact) mass is 295 g/mol. The molecule has 1 aromatic rings. The van der Waals surface area contributed by atoms with E-state index in [1.807, 2.05) is 13.8 Å². The molecule has 1 aliphatic rings. The molecule has 1 heterocycles. The number of thioether (sulfide) groups is 1. The molecule has 1 atom stereocenters. The van der Waals surface area contributed by atoms with Crippen LogP contribution in [0.15, 0.2) is 17.6 Å². The van der Waals surface area contributed by atoms with E-state index >= 15 is 0 Å². The second-order valence-electron chi connectivity index (χ2n) is 5.31. The Hall–Kier alpha value is -1.14. The summed E-state index contributed by atoms with van der Waals surface area (Å²) in [6.07, 6.45) is 6.41. The predicted octanol–water partition coefficient (Wildman–Crippen LogP) is 2.11. The van der Waals surface area contributed by atoms with E-state index in [2.05, 4.69) is 15.3 Å². The molecule has 1 saturated carbocycles. The minimum atomic E-state index is -0.838. The van der Waals surface area contributed by atoms with Gasteiger partial charge in [0.05, 0.1) is 0 Å². The van der Waals surface area contributed by atoms with Crippen LogP contribution in [-0.2, 0) is 4.79 Å². The van der Waals surface area contributed by atoms with Crippen LogP contribution in [-0.4, -0.2) is 38.9 Å². The lowest BCUT2D eigenvalue weighted by Gasteiger charge is -2.30. The van der Waals surface area contributed by atoms with Gasteiger partial charge in [0.1, 0.15) is 5.54 Å². The van der Waals surface area contributed by atoms with Crippen molar-refractivity contribution in [2.75, 3.05) is 12.3 Å². The molecule has 0 aliphatic heterocycles. The van der Waals surface area contributed by atoms with Crippen LogP contribution in [0, 0.1) is 12.8 Å². The number of carboxylic acids is 1. The maximum atomic E-state index is 11.8. The summed E-state index contributed by atoms with van der Waals surface area (Å²) in [6.45, 7) is 4.70. The molecule has 0 saturated heterocycles. The fraction of sp³-hybridized carbons (Fsp3) is 0.643. The number of aliphatic carboxylic acids is 1. The first-order valence-electron chi connectivity index (χ1n) is 6.98. The van der Waals surface area contributed by atoms with Crippen LogP contribution >= 0.6 is 11.8 Å². The molecule has 0 aromatic carbocycles. The van der Waals surface area contributed by atoms with Crippen LogP contribution in [0.5, 0.6) is 0 Å². The van der Waals surface area contributed by atoms with E-state index < -0.39 is 11.5 Å². The first kappa shape index (κ1) is 15.3. The zero-order chi connectivity index (χ0) is 14.6.